The molecule has 0 amide bonds. The Morgan fingerprint density at radius 2 is 2.04 bits per heavy atom. The summed E-state index contributed by atoms with van der Waals surface area (Å²) in [7, 11) is 1.42. The standard InChI is InChI=1S/C22H17FN2O3/c1-27-18-10-15-14(9-16(18)23)20(26)19-13-3-2-12(11-24)8-17(13)25-21(19)22(15)4-6-28-7-5-22/h2-3,8-10,25H,4-7H2,1H3. The van der Waals surface area contributed by atoms with Gasteiger partial charge in [0.2, 0.25) is 0 Å². The summed E-state index contributed by atoms with van der Waals surface area (Å²) < 4.78 is 25.3. The molecule has 6 heteroatoms. The monoisotopic (exact) mass is 376 g/mol. The molecule has 0 unspecified atom stereocenters. The Labute approximate surface area is 160 Å². The molecule has 0 atom stereocenters. The number of halogens is 1. The van der Waals surface area contributed by atoms with Gasteiger partial charge in [-0.3, -0.25) is 4.79 Å². The van der Waals surface area contributed by atoms with E-state index >= 15 is 0 Å². The Bertz CT molecular complexity index is 1180. The van der Waals surface area contributed by atoms with Gasteiger partial charge in [-0.2, -0.15) is 5.26 Å². The van der Waals surface area contributed by atoms with E-state index < -0.39 is 11.2 Å². The van der Waals surface area contributed by atoms with E-state index in [2.05, 4.69) is 11.1 Å². The van der Waals surface area contributed by atoms with Gasteiger partial charge >= 0.3 is 0 Å². The van der Waals surface area contributed by atoms with Gasteiger partial charge in [-0.1, -0.05) is 6.07 Å². The zero-order chi connectivity index (χ0) is 19.5. The first-order valence-electron chi connectivity index (χ1n) is 9.16. The van der Waals surface area contributed by atoms with Crippen molar-refractivity contribution in [3.8, 4) is 11.8 Å². The molecule has 1 aliphatic heterocycles. The Balaban J connectivity index is 1.87. The number of benzene rings is 2. The third-order valence-corrected chi connectivity index (χ3v) is 6.03. The lowest BCUT2D eigenvalue weighted by atomic mass is 9.64. The highest BCUT2D eigenvalue weighted by Crippen LogP contribution is 2.50. The van der Waals surface area contributed by atoms with E-state index in [1.54, 1.807) is 24.3 Å². The maximum absolute atomic E-state index is 14.5. The van der Waals surface area contributed by atoms with Crippen LogP contribution >= 0.6 is 0 Å². The summed E-state index contributed by atoms with van der Waals surface area (Å²) in [6.45, 7) is 1.09. The second kappa shape index (κ2) is 5.91. The summed E-state index contributed by atoms with van der Waals surface area (Å²) in [4.78, 5) is 16.8. The summed E-state index contributed by atoms with van der Waals surface area (Å²) in [5, 5.41) is 9.98. The van der Waals surface area contributed by atoms with Gasteiger partial charge in [0.05, 0.1) is 24.3 Å². The third-order valence-electron chi connectivity index (χ3n) is 6.03. The van der Waals surface area contributed by atoms with Crippen LogP contribution in [0.4, 0.5) is 4.39 Å². The Morgan fingerprint density at radius 1 is 1.25 bits per heavy atom. The average molecular weight is 376 g/mol. The molecule has 1 saturated heterocycles. The minimum Gasteiger partial charge on any atom is -0.494 e. The smallest absolute Gasteiger partial charge is 0.195 e. The topological polar surface area (TPSA) is 75.1 Å². The number of H-pyrrole nitrogens is 1. The number of fused-ring (bicyclic) bond motifs is 6. The molecular weight excluding hydrogens is 359 g/mol. The molecule has 2 heterocycles. The van der Waals surface area contributed by atoms with Gasteiger partial charge in [-0.15, -0.1) is 0 Å². The predicted octanol–water partition coefficient (Wildman–Crippen LogP) is 3.83. The molecule has 5 nitrogen and oxygen atoms in total. The average Bonchev–Trinajstić information content (AvgIpc) is 3.12. The quantitative estimate of drug-likeness (QED) is 0.700. The predicted molar refractivity (Wildman–Crippen MR) is 100 cm³/mol. The number of nitrogens with zero attached hydrogens (tertiary/aromatic N) is 1. The molecule has 2 aromatic carbocycles. The Hall–Kier alpha value is -3.17. The molecule has 0 radical (unpaired) electrons. The van der Waals surface area contributed by atoms with E-state index in [9.17, 15) is 14.4 Å². The van der Waals surface area contributed by atoms with Crippen LogP contribution in [-0.4, -0.2) is 31.1 Å². The summed E-state index contributed by atoms with van der Waals surface area (Å²) in [5.74, 6) is -0.629. The second-order valence-electron chi connectivity index (χ2n) is 7.30. The molecule has 140 valence electrons. The van der Waals surface area contributed by atoms with E-state index in [0.29, 0.717) is 42.7 Å². The second-order valence-corrected chi connectivity index (χ2v) is 7.30. The van der Waals surface area contributed by atoms with Crippen molar-refractivity contribution < 1.29 is 18.7 Å². The highest BCUT2D eigenvalue weighted by atomic mass is 19.1. The largest absolute Gasteiger partial charge is 0.494 e. The number of nitrogens with one attached hydrogen (secondary N) is 1. The van der Waals surface area contributed by atoms with Crippen molar-refractivity contribution in [1.29, 1.82) is 5.26 Å². The van der Waals surface area contributed by atoms with Gasteiger partial charge in [-0.25, -0.2) is 4.39 Å². The molecule has 28 heavy (non-hydrogen) atoms. The summed E-state index contributed by atoms with van der Waals surface area (Å²) in [5.41, 5.74) is 3.32. The van der Waals surface area contributed by atoms with Crippen molar-refractivity contribution in [1.82, 2.24) is 4.98 Å². The minimum absolute atomic E-state index is 0.128. The van der Waals surface area contributed by atoms with Crippen LogP contribution in [0.25, 0.3) is 10.9 Å². The zero-order valence-corrected chi connectivity index (χ0v) is 15.3. The molecule has 0 saturated carbocycles. The van der Waals surface area contributed by atoms with Crippen LogP contribution in [0, 0.1) is 17.1 Å². The molecule has 2 aliphatic rings. The maximum atomic E-state index is 14.5. The maximum Gasteiger partial charge on any atom is 0.195 e. The van der Waals surface area contributed by atoms with E-state index in [-0.39, 0.29) is 11.5 Å². The number of nitriles is 1. The van der Waals surface area contributed by atoms with Gasteiger partial charge < -0.3 is 14.5 Å². The molecule has 1 fully saturated rings. The number of hydrogen-bond donors (Lipinski definition) is 1. The fourth-order valence-corrected chi connectivity index (χ4v) is 4.66. The first-order valence-corrected chi connectivity index (χ1v) is 9.16. The first-order chi connectivity index (χ1) is 13.6. The number of aromatic nitrogens is 1. The lowest BCUT2D eigenvalue weighted by molar-refractivity contribution is 0.0600. The fourth-order valence-electron chi connectivity index (χ4n) is 4.66. The number of aromatic amines is 1. The van der Waals surface area contributed by atoms with Gasteiger partial charge in [0.25, 0.3) is 0 Å². The lowest BCUT2D eigenvalue weighted by Gasteiger charge is -2.41. The Kier molecular flexibility index (Phi) is 3.58. The van der Waals surface area contributed by atoms with Crippen LogP contribution in [0.3, 0.4) is 0 Å². The first kappa shape index (κ1) is 17.0. The number of methoxy groups -OCH3 is 1. The molecule has 1 spiro atoms. The van der Waals surface area contributed by atoms with Crippen molar-refractivity contribution in [2.75, 3.05) is 20.3 Å². The van der Waals surface area contributed by atoms with Gasteiger partial charge in [0.1, 0.15) is 0 Å². The fraction of sp³-hybridized carbons (Fsp3) is 0.273. The molecule has 1 aromatic heterocycles. The van der Waals surface area contributed by atoms with Crippen LogP contribution in [0.1, 0.15) is 45.6 Å². The molecule has 1 N–H and O–H groups in total. The van der Waals surface area contributed by atoms with Crippen LogP contribution in [0.15, 0.2) is 30.3 Å². The number of rotatable bonds is 1. The number of carbonyl (C=O) groups is 1. The molecule has 5 rings (SSSR count). The van der Waals surface area contributed by atoms with E-state index in [1.807, 2.05) is 0 Å². The van der Waals surface area contributed by atoms with Gasteiger partial charge in [0, 0.05) is 40.8 Å². The lowest BCUT2D eigenvalue weighted by Crippen LogP contribution is -2.40. The van der Waals surface area contributed by atoms with E-state index in [0.717, 1.165) is 22.2 Å². The molecule has 0 bridgehead atoms. The summed E-state index contributed by atoms with van der Waals surface area (Å²) in [6, 6.07) is 10.3. The van der Waals surface area contributed by atoms with Crippen molar-refractivity contribution in [3.63, 3.8) is 0 Å². The molecule has 1 aliphatic carbocycles. The molecular formula is C22H17FN2O3. The van der Waals surface area contributed by atoms with Crippen molar-refractivity contribution in [3.05, 3.63) is 64.1 Å². The summed E-state index contributed by atoms with van der Waals surface area (Å²) in [6.07, 6.45) is 1.35. The van der Waals surface area contributed by atoms with Crippen molar-refractivity contribution >= 4 is 16.7 Å². The number of ketones is 1. The number of hydrogen-bond acceptors (Lipinski definition) is 4. The SMILES string of the molecule is COc1cc2c(cc1F)C(=O)c1c([nH]c3cc(C#N)ccc13)C21CCOCC1. The highest BCUT2D eigenvalue weighted by molar-refractivity contribution is 6.20. The minimum atomic E-state index is -0.549. The van der Waals surface area contributed by atoms with E-state index in [4.69, 9.17) is 9.47 Å². The van der Waals surface area contributed by atoms with Crippen LogP contribution in [0.5, 0.6) is 5.75 Å². The van der Waals surface area contributed by atoms with Gasteiger partial charge in [0.15, 0.2) is 17.3 Å². The number of carbonyl (C=O) groups excluding carboxylic acids is 1. The highest BCUT2D eigenvalue weighted by Gasteiger charge is 2.47. The Morgan fingerprint density at radius 3 is 2.75 bits per heavy atom. The molecule has 3 aromatic rings. The normalized spacial score (nSPS) is 17.2. The zero-order valence-electron chi connectivity index (χ0n) is 15.3. The van der Waals surface area contributed by atoms with Crippen LogP contribution in [0.2, 0.25) is 0 Å². The van der Waals surface area contributed by atoms with Crippen molar-refractivity contribution in [2.24, 2.45) is 0 Å². The van der Waals surface area contributed by atoms with Crippen LogP contribution in [-0.2, 0) is 10.2 Å². The van der Waals surface area contributed by atoms with E-state index in [1.165, 1.54) is 13.2 Å². The van der Waals surface area contributed by atoms with Crippen LogP contribution < -0.4 is 4.74 Å². The third kappa shape index (κ3) is 2.11. The number of ether oxygens (including phenoxy) is 2. The van der Waals surface area contributed by atoms with Crippen molar-refractivity contribution in [2.45, 2.75) is 18.3 Å². The van der Waals surface area contributed by atoms with Gasteiger partial charge in [-0.05, 0) is 42.7 Å². The summed E-state index contributed by atoms with van der Waals surface area (Å²) >= 11 is 0.